The number of hydrogen-bond acceptors (Lipinski definition) is 5. The van der Waals surface area contributed by atoms with E-state index in [-0.39, 0.29) is 11.6 Å². The van der Waals surface area contributed by atoms with E-state index < -0.39 is 24.6 Å². The van der Waals surface area contributed by atoms with E-state index in [1.165, 1.54) is 13.0 Å². The summed E-state index contributed by atoms with van der Waals surface area (Å²) in [4.78, 5) is 23.6. The summed E-state index contributed by atoms with van der Waals surface area (Å²) in [5.74, 6) is -0.105. The van der Waals surface area contributed by atoms with Crippen molar-refractivity contribution in [2.75, 3.05) is 19.8 Å². The normalized spacial score (nSPS) is 11.4. The van der Waals surface area contributed by atoms with Crippen molar-refractivity contribution in [3.63, 3.8) is 0 Å². The molecule has 0 saturated heterocycles. The molecule has 2 aromatic rings. The average molecular weight is 412 g/mol. The van der Waals surface area contributed by atoms with Crippen molar-refractivity contribution in [3.8, 4) is 11.5 Å². The van der Waals surface area contributed by atoms with Crippen molar-refractivity contribution >= 4 is 35.1 Å². The molecule has 0 aliphatic heterocycles. The van der Waals surface area contributed by atoms with Crippen LogP contribution < -0.4 is 14.8 Å². The highest BCUT2D eigenvalue weighted by atomic mass is 35.5. The van der Waals surface area contributed by atoms with Gasteiger partial charge in [0.2, 0.25) is 0 Å². The van der Waals surface area contributed by atoms with E-state index in [1.807, 2.05) is 30.3 Å². The zero-order valence-corrected chi connectivity index (χ0v) is 16.1. The van der Waals surface area contributed by atoms with Crippen LogP contribution in [0.5, 0.6) is 11.5 Å². The largest absolute Gasteiger partial charge is 0.492 e. The van der Waals surface area contributed by atoms with Gasteiger partial charge in [-0.25, -0.2) is 4.79 Å². The Kier molecular flexibility index (Phi) is 8.23. The van der Waals surface area contributed by atoms with Crippen LogP contribution in [0.4, 0.5) is 0 Å². The molecule has 8 heteroatoms. The van der Waals surface area contributed by atoms with Crippen molar-refractivity contribution < 1.29 is 23.8 Å². The second kappa shape index (κ2) is 10.6. The third kappa shape index (κ3) is 7.37. The van der Waals surface area contributed by atoms with Gasteiger partial charge >= 0.3 is 5.97 Å². The van der Waals surface area contributed by atoms with Crippen LogP contribution in [0.3, 0.4) is 0 Å². The fourth-order valence-corrected chi connectivity index (χ4v) is 2.44. The number of amides is 1. The molecular formula is C19H19Cl2NO5. The summed E-state index contributed by atoms with van der Waals surface area (Å²) < 4.78 is 15.8. The molecule has 0 fully saturated rings. The fraction of sp³-hybridized carbons (Fsp3) is 0.263. The Bertz CT molecular complexity index is 770. The van der Waals surface area contributed by atoms with Crippen molar-refractivity contribution in [3.05, 3.63) is 58.6 Å². The van der Waals surface area contributed by atoms with Gasteiger partial charge in [-0.05, 0) is 37.3 Å². The maximum absolute atomic E-state index is 11.9. The lowest BCUT2D eigenvalue weighted by Gasteiger charge is -2.15. The predicted octanol–water partition coefficient (Wildman–Crippen LogP) is 3.50. The molecule has 0 aliphatic carbocycles. The molecule has 0 heterocycles. The highest BCUT2D eigenvalue weighted by Gasteiger charge is 2.19. The molecule has 0 aliphatic rings. The molecule has 1 unspecified atom stereocenters. The lowest BCUT2D eigenvalue weighted by atomic mass is 10.3. The van der Waals surface area contributed by atoms with Crippen molar-refractivity contribution in [2.24, 2.45) is 0 Å². The zero-order chi connectivity index (χ0) is 19.6. The number of benzene rings is 2. The number of para-hydroxylation sites is 1. The van der Waals surface area contributed by atoms with Gasteiger partial charge in [0.1, 0.15) is 18.1 Å². The Morgan fingerprint density at radius 3 is 2.56 bits per heavy atom. The maximum atomic E-state index is 11.9. The van der Waals surface area contributed by atoms with Crippen molar-refractivity contribution in [1.82, 2.24) is 5.32 Å². The molecule has 1 N–H and O–H groups in total. The van der Waals surface area contributed by atoms with E-state index in [0.29, 0.717) is 23.1 Å². The second-order valence-corrected chi connectivity index (χ2v) is 6.30. The molecule has 27 heavy (non-hydrogen) atoms. The predicted molar refractivity (Wildman–Crippen MR) is 102 cm³/mol. The number of hydrogen-bond donors (Lipinski definition) is 1. The van der Waals surface area contributed by atoms with Crippen LogP contribution in [0.2, 0.25) is 10.0 Å². The van der Waals surface area contributed by atoms with Gasteiger partial charge in [-0.3, -0.25) is 4.79 Å². The number of carbonyl (C=O) groups excluding carboxylic acids is 2. The summed E-state index contributed by atoms with van der Waals surface area (Å²) in [6.45, 7) is 1.68. The first kappa shape index (κ1) is 20.9. The molecule has 1 amide bonds. The molecule has 0 saturated carbocycles. The molecule has 1 atom stereocenters. The number of halogens is 2. The van der Waals surface area contributed by atoms with E-state index in [4.69, 9.17) is 37.4 Å². The first-order valence-electron chi connectivity index (χ1n) is 8.18. The number of esters is 1. The summed E-state index contributed by atoms with van der Waals surface area (Å²) in [5.41, 5.74) is 0. The van der Waals surface area contributed by atoms with Crippen LogP contribution >= 0.6 is 23.2 Å². The van der Waals surface area contributed by atoms with Gasteiger partial charge in [0.05, 0.1) is 11.6 Å². The second-order valence-electron chi connectivity index (χ2n) is 5.45. The van der Waals surface area contributed by atoms with Crippen molar-refractivity contribution in [1.29, 1.82) is 0 Å². The maximum Gasteiger partial charge on any atom is 0.347 e. The Morgan fingerprint density at radius 2 is 1.85 bits per heavy atom. The monoisotopic (exact) mass is 411 g/mol. The van der Waals surface area contributed by atoms with Gasteiger partial charge in [-0.1, -0.05) is 41.4 Å². The topological polar surface area (TPSA) is 73.9 Å². The molecule has 2 rings (SSSR count). The van der Waals surface area contributed by atoms with Crippen LogP contribution in [-0.2, 0) is 14.3 Å². The quantitative estimate of drug-likeness (QED) is 0.504. The highest BCUT2D eigenvalue weighted by molar-refractivity contribution is 6.35. The van der Waals surface area contributed by atoms with Crippen LogP contribution in [0.25, 0.3) is 0 Å². The molecular weight excluding hydrogens is 393 g/mol. The summed E-state index contributed by atoms with van der Waals surface area (Å²) in [7, 11) is 0. The van der Waals surface area contributed by atoms with E-state index in [1.54, 1.807) is 12.1 Å². The van der Waals surface area contributed by atoms with Gasteiger partial charge in [-0.2, -0.15) is 0 Å². The minimum Gasteiger partial charge on any atom is -0.492 e. The molecule has 6 nitrogen and oxygen atoms in total. The summed E-state index contributed by atoms with van der Waals surface area (Å²) in [6.07, 6.45) is -0.933. The lowest BCUT2D eigenvalue weighted by molar-refractivity contribution is -0.154. The highest BCUT2D eigenvalue weighted by Crippen LogP contribution is 2.28. The number of carbonyl (C=O) groups is 2. The Morgan fingerprint density at radius 1 is 1.11 bits per heavy atom. The Labute approximate surface area is 167 Å². The van der Waals surface area contributed by atoms with Crippen molar-refractivity contribution in [2.45, 2.75) is 13.0 Å². The Hall–Kier alpha value is -2.44. The molecule has 0 radical (unpaired) electrons. The molecule has 0 bridgehead atoms. The van der Waals surface area contributed by atoms with Crippen LogP contribution in [0, 0.1) is 0 Å². The number of ether oxygens (including phenoxy) is 3. The lowest BCUT2D eigenvalue weighted by Crippen LogP contribution is -2.34. The number of nitrogens with one attached hydrogen (secondary N) is 1. The van der Waals surface area contributed by atoms with E-state index in [2.05, 4.69) is 5.32 Å². The van der Waals surface area contributed by atoms with E-state index >= 15 is 0 Å². The average Bonchev–Trinajstić information content (AvgIpc) is 2.66. The minimum atomic E-state index is -0.933. The zero-order valence-electron chi connectivity index (χ0n) is 14.6. The number of rotatable bonds is 9. The Balaban J connectivity index is 1.65. The smallest absolute Gasteiger partial charge is 0.347 e. The summed E-state index contributed by atoms with van der Waals surface area (Å²) >= 11 is 11.8. The van der Waals surface area contributed by atoms with Gasteiger partial charge in [-0.15, -0.1) is 0 Å². The third-order valence-electron chi connectivity index (χ3n) is 3.31. The van der Waals surface area contributed by atoms with Gasteiger partial charge < -0.3 is 19.5 Å². The first-order valence-corrected chi connectivity index (χ1v) is 8.94. The van der Waals surface area contributed by atoms with Gasteiger partial charge in [0, 0.05) is 5.02 Å². The summed E-state index contributed by atoms with van der Waals surface area (Å²) in [5, 5.41) is 3.32. The molecule has 0 aromatic heterocycles. The third-order valence-corrected chi connectivity index (χ3v) is 3.84. The van der Waals surface area contributed by atoms with Crippen LogP contribution in [-0.4, -0.2) is 37.7 Å². The summed E-state index contributed by atoms with van der Waals surface area (Å²) in [6, 6.07) is 13.9. The van der Waals surface area contributed by atoms with Crippen LogP contribution in [0.15, 0.2) is 48.5 Å². The molecule has 144 valence electrons. The van der Waals surface area contributed by atoms with E-state index in [0.717, 1.165) is 0 Å². The van der Waals surface area contributed by atoms with E-state index in [9.17, 15) is 9.59 Å². The first-order chi connectivity index (χ1) is 13.0. The molecule has 2 aromatic carbocycles. The van der Waals surface area contributed by atoms with Gasteiger partial charge in [0.25, 0.3) is 5.91 Å². The van der Waals surface area contributed by atoms with Crippen LogP contribution in [0.1, 0.15) is 6.92 Å². The standard InChI is InChI=1S/C19H19Cl2NO5/c1-13(27-17-8-7-14(20)11-16(17)21)19(24)26-12-18(23)22-9-10-25-15-5-3-2-4-6-15/h2-8,11,13H,9-10,12H2,1H3,(H,22,23). The minimum absolute atomic E-state index is 0.276. The molecule has 0 spiro atoms. The van der Waals surface area contributed by atoms with Gasteiger partial charge in [0.15, 0.2) is 12.7 Å². The SMILES string of the molecule is CC(Oc1ccc(Cl)cc1Cl)C(=O)OCC(=O)NCCOc1ccccc1. The fourth-order valence-electron chi connectivity index (χ4n) is 1.99.